The number of amides is 1. The summed E-state index contributed by atoms with van der Waals surface area (Å²) in [6, 6.07) is 0. The summed E-state index contributed by atoms with van der Waals surface area (Å²) < 4.78 is 0. The number of carbonyl (C=O) groups excluding carboxylic acids is 1. The lowest BCUT2D eigenvalue weighted by Crippen LogP contribution is -2.31. The maximum atomic E-state index is 12.0. The summed E-state index contributed by atoms with van der Waals surface area (Å²) in [6.07, 6.45) is 8.20. The molecular formula is C13H19N5O. The van der Waals surface area contributed by atoms with E-state index in [0.29, 0.717) is 17.4 Å². The molecule has 1 amide bonds. The van der Waals surface area contributed by atoms with E-state index in [0.717, 1.165) is 18.4 Å². The summed E-state index contributed by atoms with van der Waals surface area (Å²) in [4.78, 5) is 20.0. The summed E-state index contributed by atoms with van der Waals surface area (Å²) in [5.41, 5.74) is 2.72. The fourth-order valence-corrected chi connectivity index (χ4v) is 2.59. The van der Waals surface area contributed by atoms with Gasteiger partial charge in [0.25, 0.3) is 5.91 Å². The van der Waals surface area contributed by atoms with Crippen LogP contribution in [-0.4, -0.2) is 22.4 Å². The zero-order chi connectivity index (χ0) is 13.2. The van der Waals surface area contributed by atoms with Crippen molar-refractivity contribution in [2.45, 2.75) is 25.7 Å². The van der Waals surface area contributed by atoms with Crippen molar-refractivity contribution in [2.75, 3.05) is 12.0 Å². The van der Waals surface area contributed by atoms with Gasteiger partial charge in [-0.1, -0.05) is 0 Å². The molecule has 102 valence electrons. The molecule has 2 saturated carbocycles. The Balaban J connectivity index is 1.54. The van der Waals surface area contributed by atoms with Gasteiger partial charge >= 0.3 is 0 Å². The Hall–Kier alpha value is -1.69. The number of rotatable bonds is 6. The van der Waals surface area contributed by atoms with Crippen LogP contribution in [0.25, 0.3) is 0 Å². The number of hydrogen-bond donors (Lipinski definition) is 3. The van der Waals surface area contributed by atoms with E-state index in [1.165, 1.54) is 38.1 Å². The predicted octanol–water partition coefficient (Wildman–Crippen LogP) is 0.928. The molecule has 19 heavy (non-hydrogen) atoms. The van der Waals surface area contributed by atoms with E-state index in [1.807, 2.05) is 0 Å². The molecule has 0 aliphatic heterocycles. The second-order valence-corrected chi connectivity index (χ2v) is 5.48. The number of nitrogens with one attached hydrogen (secondary N) is 2. The standard InChI is InChI=1S/C13H19N5O/c14-18-12-7-15-11(6-16-12)13(19)17-5-10(8-1-2-8)9-3-4-9/h6-10H,1-5,14H2,(H,16,18)(H,17,19). The van der Waals surface area contributed by atoms with E-state index in [4.69, 9.17) is 5.84 Å². The predicted molar refractivity (Wildman–Crippen MR) is 71.1 cm³/mol. The highest BCUT2D eigenvalue weighted by molar-refractivity contribution is 5.91. The van der Waals surface area contributed by atoms with Gasteiger partial charge in [0, 0.05) is 6.54 Å². The molecule has 0 radical (unpaired) electrons. The molecule has 0 spiro atoms. The molecule has 2 fully saturated rings. The molecule has 3 rings (SSSR count). The van der Waals surface area contributed by atoms with E-state index < -0.39 is 0 Å². The first-order chi connectivity index (χ1) is 9.28. The van der Waals surface area contributed by atoms with E-state index in [1.54, 1.807) is 0 Å². The molecule has 0 bridgehead atoms. The van der Waals surface area contributed by atoms with Crippen molar-refractivity contribution in [3.05, 3.63) is 18.1 Å². The largest absolute Gasteiger partial charge is 0.350 e. The van der Waals surface area contributed by atoms with Crippen LogP contribution < -0.4 is 16.6 Å². The van der Waals surface area contributed by atoms with Gasteiger partial charge in [-0.25, -0.2) is 15.8 Å². The topological polar surface area (TPSA) is 92.9 Å². The van der Waals surface area contributed by atoms with Gasteiger partial charge in [-0.05, 0) is 43.4 Å². The van der Waals surface area contributed by atoms with Crippen LogP contribution in [0.4, 0.5) is 5.82 Å². The normalized spacial score (nSPS) is 18.4. The van der Waals surface area contributed by atoms with E-state index in [9.17, 15) is 4.79 Å². The zero-order valence-electron chi connectivity index (χ0n) is 10.8. The molecule has 0 aromatic carbocycles. The molecule has 4 N–H and O–H groups in total. The molecule has 0 saturated heterocycles. The number of hydrogen-bond acceptors (Lipinski definition) is 5. The van der Waals surface area contributed by atoms with E-state index >= 15 is 0 Å². The van der Waals surface area contributed by atoms with Crippen molar-refractivity contribution in [3.63, 3.8) is 0 Å². The zero-order valence-corrected chi connectivity index (χ0v) is 10.8. The lowest BCUT2D eigenvalue weighted by Gasteiger charge is -2.15. The Kier molecular flexibility index (Phi) is 3.33. The molecule has 6 heteroatoms. The molecule has 1 aromatic rings. The highest BCUT2D eigenvalue weighted by Crippen LogP contribution is 2.48. The molecule has 0 atom stereocenters. The monoisotopic (exact) mass is 261 g/mol. The Morgan fingerprint density at radius 1 is 1.26 bits per heavy atom. The number of nitrogen functional groups attached to an aromatic ring is 1. The van der Waals surface area contributed by atoms with E-state index in [-0.39, 0.29) is 5.91 Å². The van der Waals surface area contributed by atoms with Crippen molar-refractivity contribution in [1.29, 1.82) is 0 Å². The van der Waals surface area contributed by atoms with Crippen LogP contribution >= 0.6 is 0 Å². The van der Waals surface area contributed by atoms with Crippen molar-refractivity contribution >= 4 is 11.7 Å². The molecule has 1 heterocycles. The fraction of sp³-hybridized carbons (Fsp3) is 0.615. The third-order valence-corrected chi connectivity index (χ3v) is 3.99. The van der Waals surface area contributed by atoms with Gasteiger partial charge in [0.2, 0.25) is 0 Å². The van der Waals surface area contributed by atoms with Crippen LogP contribution in [-0.2, 0) is 0 Å². The minimum Gasteiger partial charge on any atom is -0.350 e. The quantitative estimate of drug-likeness (QED) is 0.523. The van der Waals surface area contributed by atoms with Crippen LogP contribution in [0.15, 0.2) is 12.4 Å². The lowest BCUT2D eigenvalue weighted by molar-refractivity contribution is 0.0938. The van der Waals surface area contributed by atoms with Crippen LogP contribution in [0.1, 0.15) is 36.2 Å². The van der Waals surface area contributed by atoms with Crippen molar-refractivity contribution in [1.82, 2.24) is 15.3 Å². The second kappa shape index (κ2) is 5.13. The number of anilines is 1. The first-order valence-electron chi connectivity index (χ1n) is 6.85. The maximum absolute atomic E-state index is 12.0. The minimum absolute atomic E-state index is 0.151. The summed E-state index contributed by atoms with van der Waals surface area (Å²) in [7, 11) is 0. The van der Waals surface area contributed by atoms with Gasteiger partial charge in [-0.3, -0.25) is 4.79 Å². The Morgan fingerprint density at radius 3 is 2.42 bits per heavy atom. The number of aromatic nitrogens is 2. The van der Waals surface area contributed by atoms with Crippen LogP contribution in [0.5, 0.6) is 0 Å². The molecule has 1 aromatic heterocycles. The summed E-state index contributed by atoms with van der Waals surface area (Å²) >= 11 is 0. The van der Waals surface area contributed by atoms with Crippen LogP contribution in [0.2, 0.25) is 0 Å². The molecule has 2 aliphatic rings. The van der Waals surface area contributed by atoms with Crippen molar-refractivity contribution in [2.24, 2.45) is 23.6 Å². The van der Waals surface area contributed by atoms with E-state index in [2.05, 4.69) is 20.7 Å². The average Bonchev–Trinajstić information content (AvgIpc) is 3.31. The number of carbonyl (C=O) groups is 1. The summed E-state index contributed by atoms with van der Waals surface area (Å²) in [5, 5.41) is 2.99. The first kappa shape index (κ1) is 12.3. The van der Waals surface area contributed by atoms with Gasteiger partial charge in [-0.15, -0.1) is 0 Å². The fourth-order valence-electron chi connectivity index (χ4n) is 2.59. The van der Waals surface area contributed by atoms with Gasteiger partial charge in [0.1, 0.15) is 5.69 Å². The third kappa shape index (κ3) is 3.01. The average molecular weight is 261 g/mol. The Morgan fingerprint density at radius 2 is 1.95 bits per heavy atom. The highest BCUT2D eigenvalue weighted by atomic mass is 16.1. The smallest absolute Gasteiger partial charge is 0.271 e. The van der Waals surface area contributed by atoms with Crippen molar-refractivity contribution in [3.8, 4) is 0 Å². The number of nitrogens with zero attached hydrogens (tertiary/aromatic N) is 2. The maximum Gasteiger partial charge on any atom is 0.271 e. The number of hydrazine groups is 1. The minimum atomic E-state index is -0.151. The first-order valence-corrected chi connectivity index (χ1v) is 6.85. The number of nitrogens with two attached hydrogens (primary N) is 1. The lowest BCUT2D eigenvalue weighted by atomic mass is 9.98. The Bertz CT molecular complexity index is 441. The highest BCUT2D eigenvalue weighted by Gasteiger charge is 2.41. The van der Waals surface area contributed by atoms with Gasteiger partial charge < -0.3 is 10.7 Å². The van der Waals surface area contributed by atoms with Crippen molar-refractivity contribution < 1.29 is 4.79 Å². The second-order valence-electron chi connectivity index (χ2n) is 5.48. The van der Waals surface area contributed by atoms with Gasteiger partial charge in [0.15, 0.2) is 5.82 Å². The summed E-state index contributed by atoms with van der Waals surface area (Å²) in [5.74, 6) is 7.84. The molecule has 0 unspecified atom stereocenters. The summed E-state index contributed by atoms with van der Waals surface area (Å²) in [6.45, 7) is 0.771. The van der Waals surface area contributed by atoms with Gasteiger partial charge in [-0.2, -0.15) is 0 Å². The molecule has 6 nitrogen and oxygen atoms in total. The third-order valence-electron chi connectivity index (χ3n) is 3.99. The van der Waals surface area contributed by atoms with Crippen LogP contribution in [0, 0.1) is 17.8 Å². The SMILES string of the molecule is NNc1cnc(C(=O)NCC(C2CC2)C2CC2)cn1. The molecular weight excluding hydrogens is 242 g/mol. The van der Waals surface area contributed by atoms with Gasteiger partial charge in [0.05, 0.1) is 12.4 Å². The van der Waals surface area contributed by atoms with Crippen LogP contribution in [0.3, 0.4) is 0 Å². The molecule has 2 aliphatic carbocycles. The Labute approximate surface area is 112 Å².